The minimum atomic E-state index is -0.916. The number of allylic oxidation sites excluding steroid dienone is 3. The monoisotopic (exact) mass is 381 g/mol. The second-order valence-corrected chi connectivity index (χ2v) is 7.72. The summed E-state index contributed by atoms with van der Waals surface area (Å²) in [7, 11) is 0. The summed E-state index contributed by atoms with van der Waals surface area (Å²) in [5.41, 5.74) is -0.382. The van der Waals surface area contributed by atoms with Crippen molar-refractivity contribution in [3.8, 4) is 0 Å². The van der Waals surface area contributed by atoms with E-state index in [1.165, 1.54) is 0 Å². The lowest BCUT2D eigenvalue weighted by Gasteiger charge is -2.22. The second kappa shape index (κ2) is 11.9. The molecule has 0 aromatic heterocycles. The molecular formula is C21H35NO5. The van der Waals surface area contributed by atoms with Crippen LogP contribution in [0.15, 0.2) is 29.5 Å². The molecule has 0 radical (unpaired) electrons. The molecule has 4 N–H and O–H groups in total. The normalized spacial score (nSPS) is 27.0. The quantitative estimate of drug-likeness (QED) is 0.177. The minimum absolute atomic E-state index is 0.116. The van der Waals surface area contributed by atoms with Crippen LogP contribution < -0.4 is 0 Å². The lowest BCUT2D eigenvalue weighted by atomic mass is 9.88. The number of nitrogens with zero attached hydrogens (tertiary/aromatic N) is 1. The van der Waals surface area contributed by atoms with Gasteiger partial charge < -0.3 is 20.5 Å². The number of rotatable bonds is 12. The SMILES string of the molecule is CCCCC[C@](C)(O)/C=C/[C@H]1/C(=N\O)C[C@H](O)[C@@H]1C/C=C\CCCC(=O)O. The summed E-state index contributed by atoms with van der Waals surface area (Å²) in [6.07, 6.45) is 13.1. The zero-order valence-electron chi connectivity index (χ0n) is 16.5. The van der Waals surface area contributed by atoms with E-state index in [1.807, 2.05) is 18.2 Å². The lowest BCUT2D eigenvalue weighted by Crippen LogP contribution is -2.23. The van der Waals surface area contributed by atoms with Crippen LogP contribution in [-0.4, -0.2) is 43.9 Å². The Bertz CT molecular complexity index is 539. The van der Waals surface area contributed by atoms with Gasteiger partial charge in [-0.15, -0.1) is 0 Å². The van der Waals surface area contributed by atoms with Gasteiger partial charge in [0.15, 0.2) is 0 Å². The predicted octanol–water partition coefficient (Wildman–Crippen LogP) is 3.90. The third kappa shape index (κ3) is 8.71. The molecule has 0 aromatic carbocycles. The molecule has 0 unspecified atom stereocenters. The summed E-state index contributed by atoms with van der Waals surface area (Å²) in [6, 6.07) is 0. The first-order valence-corrected chi connectivity index (χ1v) is 9.98. The third-order valence-electron chi connectivity index (χ3n) is 5.17. The van der Waals surface area contributed by atoms with E-state index in [0.717, 1.165) is 19.3 Å². The van der Waals surface area contributed by atoms with Crippen LogP contribution in [0.2, 0.25) is 0 Å². The summed E-state index contributed by atoms with van der Waals surface area (Å²) in [5.74, 6) is -1.13. The van der Waals surface area contributed by atoms with E-state index in [2.05, 4.69) is 12.1 Å². The van der Waals surface area contributed by atoms with Crippen molar-refractivity contribution in [3.63, 3.8) is 0 Å². The van der Waals surface area contributed by atoms with Crippen molar-refractivity contribution in [1.29, 1.82) is 0 Å². The van der Waals surface area contributed by atoms with E-state index in [0.29, 0.717) is 37.8 Å². The van der Waals surface area contributed by atoms with Crippen molar-refractivity contribution in [2.24, 2.45) is 17.0 Å². The molecule has 0 bridgehead atoms. The Kier molecular flexibility index (Phi) is 10.3. The van der Waals surface area contributed by atoms with Crippen molar-refractivity contribution in [1.82, 2.24) is 0 Å². The summed E-state index contributed by atoms with van der Waals surface area (Å²) in [4.78, 5) is 10.5. The van der Waals surface area contributed by atoms with Crippen LogP contribution >= 0.6 is 0 Å². The highest BCUT2D eigenvalue weighted by Gasteiger charge is 2.38. The van der Waals surface area contributed by atoms with Crippen molar-refractivity contribution >= 4 is 11.7 Å². The number of unbranched alkanes of at least 4 members (excludes halogenated alkanes) is 3. The van der Waals surface area contributed by atoms with Crippen LogP contribution in [0.25, 0.3) is 0 Å². The highest BCUT2D eigenvalue weighted by molar-refractivity contribution is 5.90. The second-order valence-electron chi connectivity index (χ2n) is 7.72. The van der Waals surface area contributed by atoms with Gasteiger partial charge in [0.2, 0.25) is 0 Å². The van der Waals surface area contributed by atoms with Gasteiger partial charge in [-0.05, 0) is 32.6 Å². The minimum Gasteiger partial charge on any atom is -0.481 e. The Morgan fingerprint density at radius 1 is 1.30 bits per heavy atom. The summed E-state index contributed by atoms with van der Waals surface area (Å²) >= 11 is 0. The fourth-order valence-electron chi connectivity index (χ4n) is 3.52. The van der Waals surface area contributed by atoms with Gasteiger partial charge in [-0.3, -0.25) is 4.79 Å². The highest BCUT2D eigenvalue weighted by Crippen LogP contribution is 2.35. The van der Waals surface area contributed by atoms with Crippen LogP contribution in [0.1, 0.15) is 71.6 Å². The maximum atomic E-state index is 10.5. The molecule has 154 valence electrons. The Morgan fingerprint density at radius 3 is 2.67 bits per heavy atom. The Morgan fingerprint density at radius 2 is 2.04 bits per heavy atom. The Hall–Kier alpha value is -1.66. The standard InChI is InChI=1S/C21H35NO5/c1-3-4-9-13-21(2,26)14-12-16-17(19(23)15-18(16)22-27)10-7-5-6-8-11-20(24)25/h5,7,12,14,16-17,19,23,26-27H,3-4,6,8-11,13,15H2,1-2H3,(H,24,25)/b7-5-,14-12+,22-18-/t16-,17-,19+,21+/m1/s1. The van der Waals surface area contributed by atoms with Crippen LogP contribution in [0.5, 0.6) is 0 Å². The summed E-state index contributed by atoms with van der Waals surface area (Å²) in [5, 5.41) is 42.1. The molecule has 1 fully saturated rings. The summed E-state index contributed by atoms with van der Waals surface area (Å²) < 4.78 is 0. The van der Waals surface area contributed by atoms with E-state index in [4.69, 9.17) is 5.11 Å². The van der Waals surface area contributed by atoms with Gasteiger partial charge in [0, 0.05) is 24.7 Å². The number of aliphatic hydroxyl groups is 2. The molecule has 0 saturated heterocycles. The Labute approximate surface area is 162 Å². The number of aliphatic hydroxyl groups excluding tert-OH is 1. The van der Waals surface area contributed by atoms with Crippen LogP contribution in [0.3, 0.4) is 0 Å². The maximum absolute atomic E-state index is 10.5. The van der Waals surface area contributed by atoms with Gasteiger partial charge in [-0.2, -0.15) is 0 Å². The van der Waals surface area contributed by atoms with Crippen molar-refractivity contribution < 1.29 is 25.3 Å². The van der Waals surface area contributed by atoms with E-state index in [9.17, 15) is 20.2 Å². The molecule has 0 aliphatic heterocycles. The van der Waals surface area contributed by atoms with Gasteiger partial charge >= 0.3 is 5.97 Å². The Balaban J connectivity index is 2.67. The van der Waals surface area contributed by atoms with E-state index in [-0.39, 0.29) is 18.3 Å². The molecule has 6 nitrogen and oxygen atoms in total. The molecule has 0 heterocycles. The van der Waals surface area contributed by atoms with Crippen LogP contribution in [0.4, 0.5) is 0 Å². The lowest BCUT2D eigenvalue weighted by molar-refractivity contribution is -0.137. The van der Waals surface area contributed by atoms with Gasteiger partial charge in [0.25, 0.3) is 0 Å². The number of oxime groups is 1. The zero-order chi connectivity index (χ0) is 20.3. The average Bonchev–Trinajstić information content (AvgIpc) is 2.91. The fraction of sp³-hybridized carbons (Fsp3) is 0.714. The van der Waals surface area contributed by atoms with E-state index in [1.54, 1.807) is 13.0 Å². The number of carboxylic acids is 1. The third-order valence-corrected chi connectivity index (χ3v) is 5.17. The van der Waals surface area contributed by atoms with Crippen LogP contribution in [0, 0.1) is 11.8 Å². The molecule has 1 aliphatic carbocycles. The number of carbonyl (C=O) groups is 1. The zero-order valence-corrected chi connectivity index (χ0v) is 16.5. The fourth-order valence-corrected chi connectivity index (χ4v) is 3.52. The predicted molar refractivity (Wildman–Crippen MR) is 106 cm³/mol. The van der Waals surface area contributed by atoms with Crippen LogP contribution in [-0.2, 0) is 4.79 Å². The molecule has 4 atom stereocenters. The number of carboxylic acid groups (broad SMARTS) is 1. The first kappa shape index (κ1) is 23.4. The summed E-state index contributed by atoms with van der Waals surface area (Å²) in [6.45, 7) is 3.89. The number of hydrogen-bond acceptors (Lipinski definition) is 5. The molecule has 0 amide bonds. The number of aliphatic carboxylic acids is 1. The average molecular weight is 382 g/mol. The first-order chi connectivity index (χ1) is 12.8. The maximum Gasteiger partial charge on any atom is 0.303 e. The smallest absolute Gasteiger partial charge is 0.303 e. The van der Waals surface area contributed by atoms with Gasteiger partial charge in [-0.25, -0.2) is 0 Å². The van der Waals surface area contributed by atoms with Crippen molar-refractivity contribution in [2.45, 2.75) is 83.3 Å². The molecule has 1 rings (SSSR count). The first-order valence-electron chi connectivity index (χ1n) is 9.98. The topological polar surface area (TPSA) is 110 Å². The van der Waals surface area contributed by atoms with Gasteiger partial charge in [-0.1, -0.05) is 55.6 Å². The molecule has 27 heavy (non-hydrogen) atoms. The van der Waals surface area contributed by atoms with E-state index >= 15 is 0 Å². The van der Waals surface area contributed by atoms with Gasteiger partial charge in [0.1, 0.15) is 0 Å². The van der Waals surface area contributed by atoms with Gasteiger partial charge in [0.05, 0.1) is 17.4 Å². The van der Waals surface area contributed by atoms with Crippen molar-refractivity contribution in [2.75, 3.05) is 0 Å². The molecule has 0 aromatic rings. The molecule has 0 spiro atoms. The van der Waals surface area contributed by atoms with Crippen molar-refractivity contribution in [3.05, 3.63) is 24.3 Å². The molecule has 1 saturated carbocycles. The largest absolute Gasteiger partial charge is 0.481 e. The van der Waals surface area contributed by atoms with E-state index < -0.39 is 17.7 Å². The molecule has 1 aliphatic rings. The number of hydrogen-bond donors (Lipinski definition) is 4. The molecular weight excluding hydrogens is 346 g/mol. The highest BCUT2D eigenvalue weighted by atomic mass is 16.4. The molecule has 6 heteroatoms.